The second kappa shape index (κ2) is 6.91. The Labute approximate surface area is 134 Å². The molecule has 7 heteroatoms. The molecule has 0 radical (unpaired) electrons. The summed E-state index contributed by atoms with van der Waals surface area (Å²) in [5, 5.41) is 14.6. The number of carbonyl (C=O) groups is 1. The average molecular weight is 319 g/mol. The fourth-order valence-corrected chi connectivity index (χ4v) is 2.85. The van der Waals surface area contributed by atoms with Crippen LogP contribution in [0.2, 0.25) is 0 Å². The summed E-state index contributed by atoms with van der Waals surface area (Å²) in [5.41, 5.74) is 3.12. The van der Waals surface area contributed by atoms with Gasteiger partial charge >= 0.3 is 0 Å². The van der Waals surface area contributed by atoms with Crippen molar-refractivity contribution >= 4 is 23.4 Å². The van der Waals surface area contributed by atoms with E-state index in [0.29, 0.717) is 11.1 Å². The highest BCUT2D eigenvalue weighted by molar-refractivity contribution is 8.00. The third-order valence-corrected chi connectivity index (χ3v) is 4.53. The van der Waals surface area contributed by atoms with Crippen LogP contribution in [0.5, 0.6) is 0 Å². The second-order valence-electron chi connectivity index (χ2n) is 5.53. The lowest BCUT2D eigenvalue weighted by atomic mass is 9.98. The van der Waals surface area contributed by atoms with Crippen molar-refractivity contribution < 1.29 is 4.79 Å². The van der Waals surface area contributed by atoms with Gasteiger partial charge in [0.2, 0.25) is 11.1 Å². The van der Waals surface area contributed by atoms with Crippen molar-refractivity contribution in [2.75, 3.05) is 5.32 Å². The number of aromatic nitrogens is 4. The fourth-order valence-electron chi connectivity index (χ4n) is 2.10. The molecule has 118 valence electrons. The number of carbonyl (C=O) groups excluding carboxylic acids is 1. The first kappa shape index (κ1) is 16.5. The Morgan fingerprint density at radius 3 is 2.64 bits per heavy atom. The molecule has 0 fully saturated rings. The van der Waals surface area contributed by atoms with Gasteiger partial charge in [-0.1, -0.05) is 43.8 Å². The van der Waals surface area contributed by atoms with E-state index in [1.54, 1.807) is 11.7 Å². The zero-order chi connectivity index (χ0) is 16.3. The molecule has 0 spiro atoms. The molecular weight excluding hydrogens is 298 g/mol. The molecule has 0 saturated carbocycles. The number of thioether (sulfide) groups is 1. The van der Waals surface area contributed by atoms with Crippen LogP contribution < -0.4 is 5.32 Å². The van der Waals surface area contributed by atoms with E-state index in [0.717, 1.165) is 16.8 Å². The molecule has 0 bridgehead atoms. The summed E-state index contributed by atoms with van der Waals surface area (Å²) in [7, 11) is 1.76. The summed E-state index contributed by atoms with van der Waals surface area (Å²) in [5.74, 6) is 0.297. The smallest absolute Gasteiger partial charge is 0.237 e. The van der Waals surface area contributed by atoms with Crippen molar-refractivity contribution in [2.24, 2.45) is 7.05 Å². The zero-order valence-electron chi connectivity index (χ0n) is 13.5. The van der Waals surface area contributed by atoms with E-state index < -0.39 is 0 Å². The minimum Gasteiger partial charge on any atom is -0.325 e. The molecule has 1 heterocycles. The standard InChI is InChI=1S/C15H21N5OS/c1-9(2)12-8-6-7-10(3)13(12)16-14(21)11(4)22-15-17-18-19-20(15)5/h6-9,11H,1-5H3,(H,16,21)/t11-/m1/s1. The van der Waals surface area contributed by atoms with Gasteiger partial charge in [-0.05, 0) is 41.3 Å². The second-order valence-corrected chi connectivity index (χ2v) is 6.84. The third kappa shape index (κ3) is 3.65. The SMILES string of the molecule is Cc1cccc(C(C)C)c1NC(=O)[C@@H](C)Sc1nnnn1C. The molecule has 1 atom stereocenters. The summed E-state index contributed by atoms with van der Waals surface area (Å²) in [6.45, 7) is 8.09. The van der Waals surface area contributed by atoms with Gasteiger partial charge in [0, 0.05) is 12.7 Å². The number of hydrogen-bond acceptors (Lipinski definition) is 5. The highest BCUT2D eigenvalue weighted by Gasteiger charge is 2.20. The molecule has 1 N–H and O–H groups in total. The summed E-state index contributed by atoms with van der Waals surface area (Å²) in [4.78, 5) is 12.5. The molecule has 1 amide bonds. The number of rotatable bonds is 5. The predicted octanol–water partition coefficient (Wildman–Crippen LogP) is 2.76. The minimum absolute atomic E-state index is 0.0517. The van der Waals surface area contributed by atoms with E-state index in [9.17, 15) is 4.79 Å². The number of tetrazole rings is 1. The lowest BCUT2D eigenvalue weighted by Gasteiger charge is -2.18. The quantitative estimate of drug-likeness (QED) is 0.858. The van der Waals surface area contributed by atoms with E-state index in [1.807, 2.05) is 26.0 Å². The number of anilines is 1. The van der Waals surface area contributed by atoms with Crippen LogP contribution in [0.1, 0.15) is 37.8 Å². The van der Waals surface area contributed by atoms with Gasteiger partial charge < -0.3 is 5.32 Å². The number of benzene rings is 1. The minimum atomic E-state index is -0.288. The largest absolute Gasteiger partial charge is 0.325 e. The van der Waals surface area contributed by atoms with Crippen LogP contribution in [0.25, 0.3) is 0 Å². The number of para-hydroxylation sites is 1. The normalized spacial score (nSPS) is 12.5. The Balaban J connectivity index is 2.13. The molecule has 0 aliphatic rings. The van der Waals surface area contributed by atoms with Crippen LogP contribution in [0.15, 0.2) is 23.4 Å². The van der Waals surface area contributed by atoms with E-state index in [1.165, 1.54) is 11.8 Å². The highest BCUT2D eigenvalue weighted by Crippen LogP contribution is 2.28. The summed E-state index contributed by atoms with van der Waals surface area (Å²) >= 11 is 1.34. The molecule has 0 unspecified atom stereocenters. The Bertz CT molecular complexity index is 668. The first-order chi connectivity index (χ1) is 10.4. The van der Waals surface area contributed by atoms with Gasteiger partial charge in [0.05, 0.1) is 5.25 Å². The number of nitrogens with one attached hydrogen (secondary N) is 1. The van der Waals surface area contributed by atoms with Gasteiger partial charge in [0.25, 0.3) is 0 Å². The topological polar surface area (TPSA) is 72.7 Å². The zero-order valence-corrected chi connectivity index (χ0v) is 14.3. The number of hydrogen-bond donors (Lipinski definition) is 1. The molecule has 1 aromatic heterocycles. The average Bonchev–Trinajstić information content (AvgIpc) is 2.86. The Morgan fingerprint density at radius 1 is 1.32 bits per heavy atom. The van der Waals surface area contributed by atoms with Gasteiger partial charge in [0.15, 0.2) is 0 Å². The third-order valence-electron chi connectivity index (χ3n) is 3.41. The number of amides is 1. The van der Waals surface area contributed by atoms with Crippen molar-refractivity contribution in [1.29, 1.82) is 0 Å². The van der Waals surface area contributed by atoms with Gasteiger partial charge in [-0.15, -0.1) is 5.10 Å². The molecule has 2 aromatic rings. The predicted molar refractivity (Wildman–Crippen MR) is 88.0 cm³/mol. The van der Waals surface area contributed by atoms with E-state index in [-0.39, 0.29) is 11.2 Å². The Morgan fingerprint density at radius 2 is 2.05 bits per heavy atom. The van der Waals surface area contributed by atoms with Crippen LogP contribution in [0.4, 0.5) is 5.69 Å². The molecular formula is C15H21N5OS. The summed E-state index contributed by atoms with van der Waals surface area (Å²) in [6.07, 6.45) is 0. The van der Waals surface area contributed by atoms with Crippen LogP contribution in [-0.4, -0.2) is 31.4 Å². The maximum absolute atomic E-state index is 12.5. The van der Waals surface area contributed by atoms with Crippen LogP contribution in [0, 0.1) is 6.92 Å². The van der Waals surface area contributed by atoms with Crippen molar-refractivity contribution in [1.82, 2.24) is 20.2 Å². The molecule has 22 heavy (non-hydrogen) atoms. The summed E-state index contributed by atoms with van der Waals surface area (Å²) in [6, 6.07) is 6.08. The maximum atomic E-state index is 12.5. The molecule has 2 rings (SSSR count). The van der Waals surface area contributed by atoms with Crippen molar-refractivity contribution in [3.63, 3.8) is 0 Å². The van der Waals surface area contributed by atoms with E-state index in [4.69, 9.17) is 0 Å². The van der Waals surface area contributed by atoms with Gasteiger partial charge in [-0.3, -0.25) is 4.79 Å². The highest BCUT2D eigenvalue weighted by atomic mass is 32.2. The summed E-state index contributed by atoms with van der Waals surface area (Å²) < 4.78 is 1.56. The number of aryl methyl sites for hydroxylation is 2. The fraction of sp³-hybridized carbons (Fsp3) is 0.467. The first-order valence-electron chi connectivity index (χ1n) is 7.19. The first-order valence-corrected chi connectivity index (χ1v) is 8.07. The number of nitrogens with zero attached hydrogens (tertiary/aromatic N) is 4. The van der Waals surface area contributed by atoms with Crippen molar-refractivity contribution in [3.05, 3.63) is 29.3 Å². The molecule has 1 aromatic carbocycles. The van der Waals surface area contributed by atoms with Gasteiger partial charge in [-0.25, -0.2) is 4.68 Å². The van der Waals surface area contributed by atoms with Crippen molar-refractivity contribution in [2.45, 2.75) is 44.0 Å². The molecule has 0 aliphatic carbocycles. The van der Waals surface area contributed by atoms with E-state index in [2.05, 4.69) is 40.8 Å². The van der Waals surface area contributed by atoms with E-state index >= 15 is 0 Å². The van der Waals surface area contributed by atoms with Crippen LogP contribution in [-0.2, 0) is 11.8 Å². The monoisotopic (exact) mass is 319 g/mol. The van der Waals surface area contributed by atoms with Crippen LogP contribution >= 0.6 is 11.8 Å². The van der Waals surface area contributed by atoms with Crippen LogP contribution in [0.3, 0.4) is 0 Å². The molecule has 0 saturated heterocycles. The Kier molecular flexibility index (Phi) is 5.18. The Hall–Kier alpha value is -1.89. The van der Waals surface area contributed by atoms with Gasteiger partial charge in [0.1, 0.15) is 0 Å². The van der Waals surface area contributed by atoms with Crippen molar-refractivity contribution in [3.8, 4) is 0 Å². The van der Waals surface area contributed by atoms with Gasteiger partial charge in [-0.2, -0.15) is 0 Å². The lowest BCUT2D eigenvalue weighted by molar-refractivity contribution is -0.115. The maximum Gasteiger partial charge on any atom is 0.237 e. The lowest BCUT2D eigenvalue weighted by Crippen LogP contribution is -2.24. The molecule has 0 aliphatic heterocycles. The molecule has 6 nitrogen and oxygen atoms in total.